The van der Waals surface area contributed by atoms with Crippen LogP contribution in [0.4, 0.5) is 0 Å². The Morgan fingerprint density at radius 1 is 1.40 bits per heavy atom. The van der Waals surface area contributed by atoms with Crippen molar-refractivity contribution in [3.05, 3.63) is 11.6 Å². The molecule has 0 bridgehead atoms. The van der Waals surface area contributed by atoms with Gasteiger partial charge in [0.05, 0.1) is 6.10 Å². The van der Waals surface area contributed by atoms with Crippen LogP contribution in [0.2, 0.25) is 0 Å². The normalized spacial score (nSPS) is 26.2. The molecule has 1 rings (SSSR count). The molecule has 3 unspecified atom stereocenters. The van der Waals surface area contributed by atoms with Crippen LogP contribution in [0, 0.1) is 0 Å². The average molecular weight is 286 g/mol. The third-order valence-electron chi connectivity index (χ3n) is 3.36. The quantitative estimate of drug-likeness (QED) is 0.714. The van der Waals surface area contributed by atoms with Gasteiger partial charge in [0.1, 0.15) is 18.3 Å². The van der Waals surface area contributed by atoms with Crippen molar-refractivity contribution in [2.75, 3.05) is 0 Å². The largest absolute Gasteiger partial charge is 0.478 e. The Morgan fingerprint density at radius 3 is 2.45 bits per heavy atom. The molecule has 0 aliphatic heterocycles. The van der Waals surface area contributed by atoms with E-state index in [1.165, 1.54) is 13.0 Å². The molecular formula is C14H22O6. The van der Waals surface area contributed by atoms with E-state index < -0.39 is 30.3 Å². The highest BCUT2D eigenvalue weighted by Gasteiger charge is 2.37. The molecule has 1 aliphatic carbocycles. The third-order valence-corrected chi connectivity index (χ3v) is 3.36. The smallest absolute Gasteiger partial charge is 0.331 e. The summed E-state index contributed by atoms with van der Waals surface area (Å²) in [5.74, 6) is -1.64. The number of carboxylic acids is 1. The lowest BCUT2D eigenvalue weighted by molar-refractivity contribution is -0.162. The maximum atomic E-state index is 11.1. The van der Waals surface area contributed by atoms with E-state index in [0.29, 0.717) is 0 Å². The van der Waals surface area contributed by atoms with Gasteiger partial charge >= 0.3 is 11.9 Å². The first kappa shape index (κ1) is 16.7. The van der Waals surface area contributed by atoms with E-state index in [1.807, 2.05) is 13.8 Å². The highest BCUT2D eigenvalue weighted by molar-refractivity contribution is 5.87. The minimum Gasteiger partial charge on any atom is -0.478 e. The number of aliphatic hydroxyl groups excluding tert-OH is 1. The molecule has 2 N–H and O–H groups in total. The summed E-state index contributed by atoms with van der Waals surface area (Å²) in [6.07, 6.45) is 0.124. The Hall–Kier alpha value is -1.40. The number of carbonyl (C=O) groups excluding carboxylic acids is 1. The fourth-order valence-corrected chi connectivity index (χ4v) is 2.22. The molecule has 0 aromatic rings. The van der Waals surface area contributed by atoms with Crippen LogP contribution in [0.25, 0.3) is 0 Å². The third kappa shape index (κ3) is 4.31. The van der Waals surface area contributed by atoms with Gasteiger partial charge in [-0.05, 0) is 18.9 Å². The Bertz CT molecular complexity index is 385. The van der Waals surface area contributed by atoms with Crippen molar-refractivity contribution in [3.8, 4) is 0 Å². The van der Waals surface area contributed by atoms with Crippen molar-refractivity contribution in [1.82, 2.24) is 0 Å². The summed E-state index contributed by atoms with van der Waals surface area (Å²) in [6, 6.07) is 0. The average Bonchev–Trinajstić information content (AvgIpc) is 2.38. The van der Waals surface area contributed by atoms with Gasteiger partial charge in [-0.1, -0.05) is 13.8 Å². The molecule has 0 fully saturated rings. The lowest BCUT2D eigenvalue weighted by Crippen LogP contribution is -2.45. The SMILES string of the molecule is CCC(CC)OC1C=C(C(=O)O)CC(OC(C)=O)C1O. The van der Waals surface area contributed by atoms with Crippen molar-refractivity contribution < 1.29 is 29.3 Å². The monoisotopic (exact) mass is 286 g/mol. The van der Waals surface area contributed by atoms with E-state index in [4.69, 9.17) is 14.6 Å². The molecule has 0 aromatic heterocycles. The lowest BCUT2D eigenvalue weighted by Gasteiger charge is -2.34. The van der Waals surface area contributed by atoms with E-state index in [-0.39, 0.29) is 18.1 Å². The maximum absolute atomic E-state index is 11.1. The van der Waals surface area contributed by atoms with Gasteiger partial charge in [0.2, 0.25) is 0 Å². The molecule has 114 valence electrons. The topological polar surface area (TPSA) is 93.1 Å². The highest BCUT2D eigenvalue weighted by Crippen LogP contribution is 2.26. The van der Waals surface area contributed by atoms with Gasteiger partial charge < -0.3 is 19.7 Å². The first-order valence-corrected chi connectivity index (χ1v) is 6.83. The molecule has 6 nitrogen and oxygen atoms in total. The van der Waals surface area contributed by atoms with E-state index in [1.54, 1.807) is 0 Å². The Morgan fingerprint density at radius 2 is 2.00 bits per heavy atom. The second-order valence-electron chi connectivity index (χ2n) is 4.88. The Kier molecular flexibility index (Phi) is 6.16. The van der Waals surface area contributed by atoms with Crippen LogP contribution in [0.5, 0.6) is 0 Å². The van der Waals surface area contributed by atoms with Crippen molar-refractivity contribution in [2.24, 2.45) is 0 Å². The summed E-state index contributed by atoms with van der Waals surface area (Å²) in [5.41, 5.74) is 0.0949. The van der Waals surface area contributed by atoms with Crippen LogP contribution in [0.1, 0.15) is 40.0 Å². The standard InChI is InChI=1S/C14H22O6/c1-4-10(5-2)20-12-7-9(14(17)18)6-11(13(12)16)19-8(3)15/h7,10-13,16H,4-6H2,1-3H3,(H,17,18). The van der Waals surface area contributed by atoms with Crippen LogP contribution in [-0.4, -0.2) is 46.6 Å². The second-order valence-corrected chi connectivity index (χ2v) is 4.88. The summed E-state index contributed by atoms with van der Waals surface area (Å²) < 4.78 is 10.7. The maximum Gasteiger partial charge on any atom is 0.331 e. The number of hydrogen-bond donors (Lipinski definition) is 2. The van der Waals surface area contributed by atoms with Crippen LogP contribution in [0.15, 0.2) is 11.6 Å². The Labute approximate surface area is 118 Å². The lowest BCUT2D eigenvalue weighted by atomic mass is 9.91. The summed E-state index contributed by atoms with van der Waals surface area (Å²) in [5, 5.41) is 19.3. The molecule has 6 heteroatoms. The van der Waals surface area contributed by atoms with E-state index in [0.717, 1.165) is 12.8 Å². The molecule has 0 saturated carbocycles. The summed E-state index contributed by atoms with van der Waals surface area (Å²) in [6.45, 7) is 5.13. The molecule has 0 spiro atoms. The zero-order valence-corrected chi connectivity index (χ0v) is 12.0. The van der Waals surface area contributed by atoms with Crippen LogP contribution >= 0.6 is 0 Å². The summed E-state index contributed by atoms with van der Waals surface area (Å²) in [7, 11) is 0. The molecule has 20 heavy (non-hydrogen) atoms. The van der Waals surface area contributed by atoms with Crippen LogP contribution in [0.3, 0.4) is 0 Å². The van der Waals surface area contributed by atoms with Crippen LogP contribution in [-0.2, 0) is 19.1 Å². The van der Waals surface area contributed by atoms with Crippen molar-refractivity contribution in [1.29, 1.82) is 0 Å². The molecule has 0 saturated heterocycles. The molecule has 0 heterocycles. The minimum absolute atomic E-state index is 0.0150. The van der Waals surface area contributed by atoms with Gasteiger partial charge in [-0.15, -0.1) is 0 Å². The van der Waals surface area contributed by atoms with Crippen molar-refractivity contribution >= 4 is 11.9 Å². The predicted molar refractivity (Wildman–Crippen MR) is 71.1 cm³/mol. The molecule has 1 aliphatic rings. The van der Waals surface area contributed by atoms with Gasteiger partial charge in [-0.3, -0.25) is 4.79 Å². The number of carbonyl (C=O) groups is 2. The molecule has 3 atom stereocenters. The van der Waals surface area contributed by atoms with Crippen LogP contribution < -0.4 is 0 Å². The highest BCUT2D eigenvalue weighted by atomic mass is 16.6. The molecule has 0 radical (unpaired) electrons. The van der Waals surface area contributed by atoms with Gasteiger partial charge in [0, 0.05) is 18.9 Å². The zero-order chi connectivity index (χ0) is 15.3. The van der Waals surface area contributed by atoms with Gasteiger partial charge in [-0.2, -0.15) is 0 Å². The molecule has 0 aromatic carbocycles. The van der Waals surface area contributed by atoms with Crippen molar-refractivity contribution in [2.45, 2.75) is 64.4 Å². The summed E-state index contributed by atoms with van der Waals surface area (Å²) in [4.78, 5) is 22.2. The van der Waals surface area contributed by atoms with Crippen molar-refractivity contribution in [3.63, 3.8) is 0 Å². The van der Waals surface area contributed by atoms with E-state index in [2.05, 4.69) is 0 Å². The Balaban J connectivity index is 2.90. The first-order chi connectivity index (χ1) is 9.38. The summed E-state index contributed by atoms with van der Waals surface area (Å²) >= 11 is 0. The minimum atomic E-state index is -1.09. The zero-order valence-electron chi connectivity index (χ0n) is 12.0. The van der Waals surface area contributed by atoms with Gasteiger partial charge in [0.15, 0.2) is 0 Å². The fourth-order valence-electron chi connectivity index (χ4n) is 2.22. The number of hydrogen-bond acceptors (Lipinski definition) is 5. The van der Waals surface area contributed by atoms with Gasteiger partial charge in [-0.25, -0.2) is 4.79 Å². The molecule has 0 amide bonds. The van der Waals surface area contributed by atoms with Gasteiger partial charge in [0.25, 0.3) is 0 Å². The van der Waals surface area contributed by atoms with E-state index >= 15 is 0 Å². The second kappa shape index (κ2) is 7.40. The van der Waals surface area contributed by atoms with E-state index in [9.17, 15) is 14.7 Å². The number of aliphatic carboxylic acids is 1. The molecular weight excluding hydrogens is 264 g/mol. The number of carboxylic acid groups (broad SMARTS) is 1. The fraction of sp³-hybridized carbons (Fsp3) is 0.714. The predicted octanol–water partition coefficient (Wildman–Crippen LogP) is 1.27. The number of esters is 1. The number of rotatable bonds is 6. The number of aliphatic hydroxyl groups is 1. The first-order valence-electron chi connectivity index (χ1n) is 6.83. The number of ether oxygens (including phenoxy) is 2.